The second-order valence-corrected chi connectivity index (χ2v) is 5.74. The van der Waals surface area contributed by atoms with Gasteiger partial charge in [0.15, 0.2) is 12.1 Å². The summed E-state index contributed by atoms with van der Waals surface area (Å²) in [7, 11) is 0. The summed E-state index contributed by atoms with van der Waals surface area (Å²) in [6, 6.07) is 0. The number of hydrogen-bond acceptors (Lipinski definition) is 4. The Kier molecular flexibility index (Phi) is 3.17. The number of hydrogen-bond donors (Lipinski definition) is 1. The second kappa shape index (κ2) is 4.35. The van der Waals surface area contributed by atoms with Crippen LogP contribution in [0.5, 0.6) is 0 Å². The largest absolute Gasteiger partial charge is 0.387 e. The zero-order valence-corrected chi connectivity index (χ0v) is 11.3. The Hall–Kier alpha value is 0.570. The summed E-state index contributed by atoms with van der Waals surface area (Å²) in [5, 5.41) is 10.0. The predicted octanol–water partition coefficient (Wildman–Crippen LogP) is 1.58. The minimum Gasteiger partial charge on any atom is -0.387 e. The third-order valence-corrected chi connectivity index (χ3v) is 4.61. The maximum absolute atomic E-state index is 10.0. The number of aliphatic hydroxyl groups is 1. The van der Waals surface area contributed by atoms with Crippen LogP contribution in [0.1, 0.15) is 32.1 Å². The van der Waals surface area contributed by atoms with Crippen LogP contribution >= 0.6 is 22.6 Å². The van der Waals surface area contributed by atoms with E-state index in [4.69, 9.17) is 14.2 Å². The lowest BCUT2D eigenvalue weighted by molar-refractivity contribution is -0.243. The molecule has 5 heteroatoms. The van der Waals surface area contributed by atoms with Crippen LogP contribution in [0.15, 0.2) is 0 Å². The van der Waals surface area contributed by atoms with E-state index < -0.39 is 11.9 Å². The minimum atomic E-state index is -0.539. The molecule has 3 fully saturated rings. The van der Waals surface area contributed by atoms with Crippen molar-refractivity contribution in [3.05, 3.63) is 0 Å². The topological polar surface area (TPSA) is 47.9 Å². The Morgan fingerprint density at radius 2 is 1.94 bits per heavy atom. The number of aliphatic hydroxyl groups excluding tert-OH is 1. The van der Waals surface area contributed by atoms with Gasteiger partial charge in [-0.2, -0.15) is 0 Å². The van der Waals surface area contributed by atoms with Crippen molar-refractivity contribution in [2.45, 2.75) is 62.5 Å². The standard InChI is InChI=1S/C11H17IO4/c12-6-7-8(13)9-10(14-7)16-11(15-9)4-2-1-3-5-11/h7-10,13H,1-6H2/t7-,8+,9-,10-/m1/s1. The maximum atomic E-state index is 10.0. The van der Waals surface area contributed by atoms with Gasteiger partial charge in [0.1, 0.15) is 12.2 Å². The molecular weight excluding hydrogens is 323 g/mol. The first-order valence-corrected chi connectivity index (χ1v) is 7.52. The fraction of sp³-hybridized carbons (Fsp3) is 1.00. The second-order valence-electron chi connectivity index (χ2n) is 4.86. The van der Waals surface area contributed by atoms with E-state index in [2.05, 4.69) is 22.6 Å². The molecule has 3 rings (SSSR count). The van der Waals surface area contributed by atoms with E-state index in [0.29, 0.717) is 0 Å². The quantitative estimate of drug-likeness (QED) is 0.582. The summed E-state index contributed by atoms with van der Waals surface area (Å²) in [6.07, 6.45) is 4.10. The van der Waals surface area contributed by atoms with Gasteiger partial charge in [0.25, 0.3) is 0 Å². The van der Waals surface area contributed by atoms with Gasteiger partial charge < -0.3 is 19.3 Å². The number of ether oxygens (including phenoxy) is 3. The number of fused-ring (bicyclic) bond motifs is 1. The van der Waals surface area contributed by atoms with Crippen LogP contribution in [0.3, 0.4) is 0 Å². The number of halogens is 1. The molecule has 0 unspecified atom stereocenters. The molecule has 1 saturated carbocycles. The average Bonchev–Trinajstić information content (AvgIpc) is 2.77. The highest BCUT2D eigenvalue weighted by Crippen LogP contribution is 2.45. The lowest BCUT2D eigenvalue weighted by atomic mass is 9.94. The van der Waals surface area contributed by atoms with E-state index in [1.54, 1.807) is 0 Å². The molecule has 1 aliphatic carbocycles. The Labute approximate surface area is 109 Å². The van der Waals surface area contributed by atoms with Crippen LogP contribution in [0.2, 0.25) is 0 Å². The van der Waals surface area contributed by atoms with Crippen molar-refractivity contribution in [3.63, 3.8) is 0 Å². The van der Waals surface area contributed by atoms with Crippen LogP contribution < -0.4 is 0 Å². The molecule has 4 atom stereocenters. The van der Waals surface area contributed by atoms with Crippen molar-refractivity contribution in [2.75, 3.05) is 4.43 Å². The van der Waals surface area contributed by atoms with Crippen molar-refractivity contribution in [2.24, 2.45) is 0 Å². The molecule has 0 radical (unpaired) electrons. The van der Waals surface area contributed by atoms with E-state index >= 15 is 0 Å². The molecule has 0 aromatic carbocycles. The van der Waals surface area contributed by atoms with Crippen LogP contribution in [0.25, 0.3) is 0 Å². The van der Waals surface area contributed by atoms with Gasteiger partial charge in [-0.05, 0) is 12.8 Å². The maximum Gasteiger partial charge on any atom is 0.190 e. The average molecular weight is 340 g/mol. The van der Waals surface area contributed by atoms with Crippen LogP contribution in [-0.2, 0) is 14.2 Å². The first-order chi connectivity index (χ1) is 7.74. The smallest absolute Gasteiger partial charge is 0.190 e. The van der Waals surface area contributed by atoms with Crippen molar-refractivity contribution in [1.82, 2.24) is 0 Å². The zero-order valence-electron chi connectivity index (χ0n) is 9.10. The van der Waals surface area contributed by atoms with Gasteiger partial charge in [0, 0.05) is 17.3 Å². The predicted molar refractivity (Wildman–Crippen MR) is 65.3 cm³/mol. The minimum absolute atomic E-state index is 0.142. The van der Waals surface area contributed by atoms with Gasteiger partial charge in [-0.3, -0.25) is 0 Å². The normalized spacial score (nSPS) is 46.1. The summed E-state index contributed by atoms with van der Waals surface area (Å²) in [5.74, 6) is -0.454. The van der Waals surface area contributed by atoms with Crippen molar-refractivity contribution >= 4 is 22.6 Å². The van der Waals surface area contributed by atoms with E-state index in [0.717, 1.165) is 30.1 Å². The van der Waals surface area contributed by atoms with Crippen LogP contribution in [0.4, 0.5) is 0 Å². The molecule has 2 aliphatic heterocycles. The molecule has 0 aromatic rings. The van der Waals surface area contributed by atoms with Crippen molar-refractivity contribution < 1.29 is 19.3 Å². The fourth-order valence-electron chi connectivity index (χ4n) is 2.86. The highest BCUT2D eigenvalue weighted by atomic mass is 127. The molecule has 0 aromatic heterocycles. The SMILES string of the molecule is O[C@@H]1[C@H]2OC3(CCCCC3)O[C@H]2O[C@@H]1CI. The van der Waals surface area contributed by atoms with Gasteiger partial charge in [-0.15, -0.1) is 0 Å². The van der Waals surface area contributed by atoms with Gasteiger partial charge in [0.05, 0.1) is 6.10 Å². The summed E-state index contributed by atoms with van der Waals surface area (Å²) < 4.78 is 18.3. The highest BCUT2D eigenvalue weighted by Gasteiger charge is 2.57. The molecule has 2 heterocycles. The molecular formula is C11H17IO4. The molecule has 0 bridgehead atoms. The number of rotatable bonds is 1. The monoisotopic (exact) mass is 340 g/mol. The molecule has 92 valence electrons. The van der Waals surface area contributed by atoms with E-state index in [1.807, 2.05) is 0 Å². The van der Waals surface area contributed by atoms with Gasteiger partial charge in [0.2, 0.25) is 0 Å². The third-order valence-electron chi connectivity index (χ3n) is 3.74. The molecule has 1 spiro atoms. The Morgan fingerprint density at radius 3 is 2.56 bits per heavy atom. The van der Waals surface area contributed by atoms with Crippen LogP contribution in [0, 0.1) is 0 Å². The summed E-state index contributed by atoms with van der Waals surface area (Å²) in [4.78, 5) is 0. The van der Waals surface area contributed by atoms with Crippen molar-refractivity contribution in [3.8, 4) is 0 Å². The Morgan fingerprint density at radius 1 is 1.19 bits per heavy atom. The third kappa shape index (κ3) is 1.80. The first kappa shape index (κ1) is 11.6. The Balaban J connectivity index is 1.71. The molecule has 2 saturated heterocycles. The number of alkyl halides is 1. The molecule has 3 aliphatic rings. The van der Waals surface area contributed by atoms with E-state index in [9.17, 15) is 5.11 Å². The van der Waals surface area contributed by atoms with Gasteiger partial charge in [-0.1, -0.05) is 29.0 Å². The first-order valence-electron chi connectivity index (χ1n) is 5.99. The van der Waals surface area contributed by atoms with Crippen molar-refractivity contribution in [1.29, 1.82) is 0 Å². The molecule has 1 N–H and O–H groups in total. The molecule has 16 heavy (non-hydrogen) atoms. The van der Waals surface area contributed by atoms with E-state index in [1.165, 1.54) is 6.42 Å². The summed E-state index contributed by atoms with van der Waals surface area (Å²) in [6.45, 7) is 0. The Bertz CT molecular complexity index is 267. The zero-order chi connectivity index (χ0) is 11.2. The summed E-state index contributed by atoms with van der Waals surface area (Å²) >= 11 is 2.22. The fourth-order valence-corrected chi connectivity index (χ4v) is 3.59. The molecule has 4 nitrogen and oxygen atoms in total. The van der Waals surface area contributed by atoms with E-state index in [-0.39, 0.29) is 18.5 Å². The highest BCUT2D eigenvalue weighted by molar-refractivity contribution is 14.1. The summed E-state index contributed by atoms with van der Waals surface area (Å²) in [5.41, 5.74) is 0. The lowest BCUT2D eigenvalue weighted by Gasteiger charge is -2.33. The van der Waals surface area contributed by atoms with Crippen LogP contribution in [-0.4, -0.2) is 39.9 Å². The van der Waals surface area contributed by atoms with Gasteiger partial charge in [-0.25, -0.2) is 0 Å². The lowest BCUT2D eigenvalue weighted by Crippen LogP contribution is -2.39. The molecule has 0 amide bonds. The van der Waals surface area contributed by atoms with Gasteiger partial charge >= 0.3 is 0 Å².